The summed E-state index contributed by atoms with van der Waals surface area (Å²) in [4.78, 5) is 14.7. The molecule has 1 N–H and O–H groups in total. The average Bonchev–Trinajstić information content (AvgIpc) is 2.59. The molecule has 1 rings (SSSR count). The van der Waals surface area contributed by atoms with E-state index in [9.17, 15) is 4.79 Å². The van der Waals surface area contributed by atoms with Gasteiger partial charge in [0.2, 0.25) is 0 Å². The third kappa shape index (κ3) is 6.42. The van der Waals surface area contributed by atoms with E-state index >= 15 is 0 Å². The van der Waals surface area contributed by atoms with Crippen LogP contribution in [0.25, 0.3) is 0 Å². The van der Waals surface area contributed by atoms with Gasteiger partial charge in [0.05, 0.1) is 7.11 Å². The van der Waals surface area contributed by atoms with E-state index in [-0.39, 0.29) is 5.91 Å². The van der Waals surface area contributed by atoms with Gasteiger partial charge in [-0.1, -0.05) is 26.0 Å². The first-order valence-corrected chi connectivity index (χ1v) is 8.85. The van der Waals surface area contributed by atoms with Gasteiger partial charge in [0.25, 0.3) is 5.91 Å². The van der Waals surface area contributed by atoms with Crippen LogP contribution in [-0.4, -0.2) is 49.7 Å². The number of benzene rings is 1. The van der Waals surface area contributed by atoms with Crippen molar-refractivity contribution in [3.05, 3.63) is 36.4 Å². The fraction of sp³-hybridized carbons (Fsp3) is 0.550. The molecule has 0 saturated heterocycles. The number of ether oxygens (including phenoxy) is 2. The summed E-state index contributed by atoms with van der Waals surface area (Å²) in [5.74, 6) is 1.03. The topological polar surface area (TPSA) is 50.8 Å². The van der Waals surface area contributed by atoms with Crippen LogP contribution in [0.5, 0.6) is 11.5 Å². The Kier molecular flexibility index (Phi) is 8.49. The molecule has 0 radical (unpaired) electrons. The molecule has 0 unspecified atom stereocenters. The van der Waals surface area contributed by atoms with Crippen molar-refractivity contribution in [1.82, 2.24) is 10.2 Å². The first-order valence-electron chi connectivity index (χ1n) is 8.85. The van der Waals surface area contributed by atoms with Gasteiger partial charge in [-0.2, -0.15) is 0 Å². The number of nitrogens with zero attached hydrogens (tertiary/aromatic N) is 1. The minimum Gasteiger partial charge on any atom is -0.493 e. The maximum atomic E-state index is 12.5. The fourth-order valence-corrected chi connectivity index (χ4v) is 2.49. The molecule has 1 aromatic carbocycles. The summed E-state index contributed by atoms with van der Waals surface area (Å²) in [7, 11) is 1.59. The third-order valence-electron chi connectivity index (χ3n) is 4.13. The van der Waals surface area contributed by atoms with Crippen LogP contribution in [-0.2, 0) is 11.2 Å². The number of rotatable bonds is 11. The van der Waals surface area contributed by atoms with Crippen molar-refractivity contribution in [2.24, 2.45) is 0 Å². The van der Waals surface area contributed by atoms with E-state index in [2.05, 4.69) is 30.6 Å². The molecule has 0 heterocycles. The lowest BCUT2D eigenvalue weighted by Crippen LogP contribution is -2.48. The van der Waals surface area contributed by atoms with Gasteiger partial charge in [-0.05, 0) is 51.1 Å². The monoisotopic (exact) mass is 348 g/mol. The minimum atomic E-state index is -0.990. The molecule has 25 heavy (non-hydrogen) atoms. The molecule has 0 aromatic heterocycles. The van der Waals surface area contributed by atoms with Crippen LogP contribution in [0.15, 0.2) is 30.9 Å². The molecule has 5 nitrogen and oxygen atoms in total. The van der Waals surface area contributed by atoms with Gasteiger partial charge in [0, 0.05) is 13.1 Å². The number of carbonyl (C=O) groups is 1. The van der Waals surface area contributed by atoms with Crippen LogP contribution < -0.4 is 14.8 Å². The minimum absolute atomic E-state index is 0.142. The number of hydrogen-bond donors (Lipinski definition) is 1. The number of hydrogen-bond acceptors (Lipinski definition) is 4. The number of carbonyl (C=O) groups excluding carboxylic acids is 1. The summed E-state index contributed by atoms with van der Waals surface area (Å²) < 4.78 is 11.4. The number of methoxy groups -OCH3 is 1. The van der Waals surface area contributed by atoms with E-state index in [0.29, 0.717) is 18.0 Å². The van der Waals surface area contributed by atoms with Crippen molar-refractivity contribution in [2.75, 3.05) is 33.3 Å². The van der Waals surface area contributed by atoms with Gasteiger partial charge in [-0.15, -0.1) is 6.58 Å². The number of amides is 1. The van der Waals surface area contributed by atoms with Crippen molar-refractivity contribution < 1.29 is 14.3 Å². The van der Waals surface area contributed by atoms with E-state index < -0.39 is 5.60 Å². The Hall–Kier alpha value is -2.01. The van der Waals surface area contributed by atoms with E-state index in [1.165, 1.54) is 0 Å². The summed E-state index contributed by atoms with van der Waals surface area (Å²) >= 11 is 0. The van der Waals surface area contributed by atoms with Gasteiger partial charge in [-0.25, -0.2) is 0 Å². The van der Waals surface area contributed by atoms with Gasteiger partial charge >= 0.3 is 0 Å². The van der Waals surface area contributed by atoms with Gasteiger partial charge < -0.3 is 19.7 Å². The SMILES string of the molecule is C=CCc1ccc(OC(C)(C)C(=O)NCCN(CC)CC)c(OC)c1. The Morgan fingerprint density at radius 1 is 1.28 bits per heavy atom. The van der Waals surface area contributed by atoms with Crippen LogP contribution in [0.1, 0.15) is 33.3 Å². The molecule has 0 aliphatic rings. The van der Waals surface area contributed by atoms with E-state index in [1.807, 2.05) is 24.3 Å². The molecule has 0 spiro atoms. The zero-order chi connectivity index (χ0) is 18.9. The normalized spacial score (nSPS) is 11.3. The first kappa shape index (κ1) is 21.0. The predicted octanol–water partition coefficient (Wildman–Crippen LogP) is 3.04. The predicted molar refractivity (Wildman–Crippen MR) is 102 cm³/mol. The summed E-state index contributed by atoms with van der Waals surface area (Å²) in [6.45, 7) is 14.9. The molecule has 140 valence electrons. The largest absolute Gasteiger partial charge is 0.493 e. The molecule has 0 aliphatic heterocycles. The summed E-state index contributed by atoms with van der Waals surface area (Å²) in [5.41, 5.74) is 0.0944. The molecule has 1 aromatic rings. The maximum Gasteiger partial charge on any atom is 0.263 e. The highest BCUT2D eigenvalue weighted by molar-refractivity contribution is 5.84. The zero-order valence-electron chi connectivity index (χ0n) is 16.2. The van der Waals surface area contributed by atoms with E-state index in [0.717, 1.165) is 31.6 Å². The van der Waals surface area contributed by atoms with Gasteiger partial charge in [0.1, 0.15) is 0 Å². The van der Waals surface area contributed by atoms with Crippen molar-refractivity contribution in [3.63, 3.8) is 0 Å². The molecule has 0 fully saturated rings. The highest BCUT2D eigenvalue weighted by Gasteiger charge is 2.30. The molecule has 1 amide bonds. The third-order valence-corrected chi connectivity index (χ3v) is 4.13. The Balaban J connectivity index is 2.72. The zero-order valence-corrected chi connectivity index (χ0v) is 16.2. The van der Waals surface area contributed by atoms with Crippen LogP contribution in [0.4, 0.5) is 0 Å². The van der Waals surface area contributed by atoms with E-state index in [4.69, 9.17) is 9.47 Å². The van der Waals surface area contributed by atoms with Crippen LogP contribution >= 0.6 is 0 Å². The second kappa shape index (κ2) is 10.1. The van der Waals surface area contributed by atoms with Crippen LogP contribution in [0, 0.1) is 0 Å². The van der Waals surface area contributed by atoms with E-state index in [1.54, 1.807) is 21.0 Å². The van der Waals surface area contributed by atoms with Crippen molar-refractivity contribution in [2.45, 2.75) is 39.7 Å². The lowest BCUT2D eigenvalue weighted by Gasteiger charge is -2.27. The molecule has 5 heteroatoms. The van der Waals surface area contributed by atoms with Crippen LogP contribution in [0.3, 0.4) is 0 Å². The molecular formula is C20H32N2O3. The fourth-order valence-electron chi connectivity index (χ4n) is 2.49. The first-order chi connectivity index (χ1) is 11.9. The Bertz CT molecular complexity index is 566. The van der Waals surface area contributed by atoms with Gasteiger partial charge in [-0.3, -0.25) is 4.79 Å². The summed E-state index contributed by atoms with van der Waals surface area (Å²) in [6, 6.07) is 5.70. The standard InChI is InChI=1S/C20H32N2O3/c1-7-10-16-11-12-17(18(15-16)24-6)25-20(4,5)19(23)21-13-14-22(8-2)9-3/h7,11-12,15H,1,8-10,13-14H2,2-6H3,(H,21,23). The van der Waals surface area contributed by atoms with Gasteiger partial charge in [0.15, 0.2) is 17.1 Å². The molecule has 0 atom stereocenters. The number of nitrogens with one attached hydrogen (secondary N) is 1. The number of likely N-dealkylation sites (N-methyl/N-ethyl adjacent to an activating group) is 1. The molecule has 0 bridgehead atoms. The molecule has 0 saturated carbocycles. The molecule has 0 aliphatic carbocycles. The highest BCUT2D eigenvalue weighted by Crippen LogP contribution is 2.31. The average molecular weight is 348 g/mol. The maximum absolute atomic E-state index is 12.5. The quantitative estimate of drug-likeness (QED) is 0.625. The Morgan fingerprint density at radius 3 is 2.52 bits per heavy atom. The lowest BCUT2D eigenvalue weighted by atomic mass is 10.1. The lowest BCUT2D eigenvalue weighted by molar-refractivity contribution is -0.134. The van der Waals surface area contributed by atoms with Crippen molar-refractivity contribution >= 4 is 5.91 Å². The second-order valence-corrected chi connectivity index (χ2v) is 6.37. The smallest absolute Gasteiger partial charge is 0.263 e. The van der Waals surface area contributed by atoms with Crippen molar-refractivity contribution in [1.29, 1.82) is 0 Å². The van der Waals surface area contributed by atoms with Crippen LogP contribution in [0.2, 0.25) is 0 Å². The number of allylic oxidation sites excluding steroid dienone is 1. The Morgan fingerprint density at radius 2 is 1.96 bits per heavy atom. The molecular weight excluding hydrogens is 316 g/mol. The second-order valence-electron chi connectivity index (χ2n) is 6.37. The van der Waals surface area contributed by atoms with Crippen molar-refractivity contribution in [3.8, 4) is 11.5 Å². The Labute approximate surface area is 152 Å². The summed E-state index contributed by atoms with van der Waals surface area (Å²) in [6.07, 6.45) is 2.59. The highest BCUT2D eigenvalue weighted by atomic mass is 16.5. The summed E-state index contributed by atoms with van der Waals surface area (Å²) in [5, 5.41) is 2.95.